The van der Waals surface area contributed by atoms with Gasteiger partial charge in [-0.1, -0.05) is 15.9 Å². The third-order valence-corrected chi connectivity index (χ3v) is 3.47. The Kier molecular flexibility index (Phi) is 2.64. The van der Waals surface area contributed by atoms with Crippen molar-refractivity contribution >= 4 is 15.9 Å². The van der Waals surface area contributed by atoms with Crippen LogP contribution >= 0.6 is 15.9 Å². The van der Waals surface area contributed by atoms with E-state index in [2.05, 4.69) is 20.9 Å². The maximum absolute atomic E-state index is 10.4. The topological polar surface area (TPSA) is 47.3 Å². The highest BCUT2D eigenvalue weighted by atomic mass is 79.9. The SMILES string of the molecule is OC1c2cc(Br)ccc2OCC1n1ccnc1. The maximum Gasteiger partial charge on any atom is 0.125 e. The van der Waals surface area contributed by atoms with Gasteiger partial charge in [0.05, 0.1) is 12.4 Å². The van der Waals surface area contributed by atoms with Gasteiger partial charge >= 0.3 is 0 Å². The first-order valence-electron chi connectivity index (χ1n) is 5.33. The predicted molar refractivity (Wildman–Crippen MR) is 65.9 cm³/mol. The molecule has 0 bridgehead atoms. The fourth-order valence-corrected chi connectivity index (χ4v) is 2.45. The summed E-state index contributed by atoms with van der Waals surface area (Å²) in [6, 6.07) is 5.54. The van der Waals surface area contributed by atoms with Crippen LogP contribution in [0.2, 0.25) is 0 Å². The average Bonchev–Trinajstić information content (AvgIpc) is 2.84. The number of aliphatic hydroxyl groups excluding tert-OH is 1. The van der Waals surface area contributed by atoms with Crippen molar-refractivity contribution in [3.63, 3.8) is 0 Å². The molecule has 1 N–H and O–H groups in total. The summed E-state index contributed by atoms with van der Waals surface area (Å²) in [6.45, 7) is 0.451. The molecular formula is C12H11BrN2O2. The van der Waals surface area contributed by atoms with E-state index in [4.69, 9.17) is 4.74 Å². The van der Waals surface area contributed by atoms with Crippen molar-refractivity contribution in [3.8, 4) is 5.75 Å². The number of imidazole rings is 1. The summed E-state index contributed by atoms with van der Waals surface area (Å²) in [5, 5.41) is 10.4. The first-order chi connectivity index (χ1) is 8.25. The van der Waals surface area contributed by atoms with Crippen molar-refractivity contribution in [2.75, 3.05) is 6.61 Å². The van der Waals surface area contributed by atoms with Gasteiger partial charge in [-0.2, -0.15) is 0 Å². The third kappa shape index (κ3) is 1.85. The van der Waals surface area contributed by atoms with Gasteiger partial charge < -0.3 is 14.4 Å². The minimum absolute atomic E-state index is 0.126. The molecule has 0 saturated carbocycles. The van der Waals surface area contributed by atoms with Crippen molar-refractivity contribution in [2.45, 2.75) is 12.1 Å². The first kappa shape index (κ1) is 10.8. The zero-order valence-electron chi connectivity index (χ0n) is 8.95. The fraction of sp³-hybridized carbons (Fsp3) is 0.250. The number of aromatic nitrogens is 2. The molecule has 2 atom stereocenters. The van der Waals surface area contributed by atoms with Crippen molar-refractivity contribution in [2.24, 2.45) is 0 Å². The molecule has 17 heavy (non-hydrogen) atoms. The lowest BCUT2D eigenvalue weighted by Gasteiger charge is -2.31. The molecule has 1 aromatic carbocycles. The Morgan fingerprint density at radius 2 is 2.35 bits per heavy atom. The number of hydrogen-bond donors (Lipinski definition) is 1. The van der Waals surface area contributed by atoms with E-state index in [1.54, 1.807) is 12.5 Å². The van der Waals surface area contributed by atoms with Gasteiger partial charge in [0.25, 0.3) is 0 Å². The van der Waals surface area contributed by atoms with Gasteiger partial charge in [-0.3, -0.25) is 0 Å². The van der Waals surface area contributed by atoms with E-state index >= 15 is 0 Å². The lowest BCUT2D eigenvalue weighted by atomic mass is 9.99. The molecule has 5 heteroatoms. The van der Waals surface area contributed by atoms with E-state index in [9.17, 15) is 5.11 Å². The number of aliphatic hydroxyl groups is 1. The van der Waals surface area contributed by atoms with Gasteiger partial charge in [0, 0.05) is 22.4 Å². The molecule has 1 aliphatic rings. The number of ether oxygens (including phenoxy) is 1. The summed E-state index contributed by atoms with van der Waals surface area (Å²) in [6.07, 6.45) is 4.65. The van der Waals surface area contributed by atoms with Crippen LogP contribution in [0.5, 0.6) is 5.75 Å². The van der Waals surface area contributed by atoms with Crippen LogP contribution in [0.4, 0.5) is 0 Å². The third-order valence-electron chi connectivity index (χ3n) is 2.97. The standard InChI is InChI=1S/C12H11BrN2O2/c13-8-1-2-11-9(5-8)12(16)10(6-17-11)15-4-3-14-7-15/h1-5,7,10,12,16H,6H2. The molecule has 2 aromatic rings. The molecule has 88 valence electrons. The van der Waals surface area contributed by atoms with Gasteiger partial charge in [-0.05, 0) is 18.2 Å². The highest BCUT2D eigenvalue weighted by molar-refractivity contribution is 9.10. The van der Waals surface area contributed by atoms with E-state index < -0.39 is 6.10 Å². The molecule has 0 spiro atoms. The van der Waals surface area contributed by atoms with Crippen LogP contribution in [-0.4, -0.2) is 21.3 Å². The molecule has 1 aromatic heterocycles. The highest BCUT2D eigenvalue weighted by Crippen LogP contribution is 2.38. The molecule has 0 saturated heterocycles. The van der Waals surface area contributed by atoms with E-state index in [-0.39, 0.29) is 6.04 Å². The Balaban J connectivity index is 2.00. The van der Waals surface area contributed by atoms with Crippen LogP contribution < -0.4 is 4.74 Å². The van der Waals surface area contributed by atoms with Crippen molar-refractivity contribution in [3.05, 3.63) is 47.0 Å². The molecule has 0 radical (unpaired) electrons. The number of hydrogen-bond acceptors (Lipinski definition) is 3. The van der Waals surface area contributed by atoms with E-state index in [0.29, 0.717) is 6.61 Å². The Morgan fingerprint density at radius 1 is 1.47 bits per heavy atom. The van der Waals surface area contributed by atoms with Gasteiger partial charge in [-0.25, -0.2) is 4.98 Å². The lowest BCUT2D eigenvalue weighted by Crippen LogP contribution is -2.28. The number of benzene rings is 1. The lowest BCUT2D eigenvalue weighted by molar-refractivity contribution is 0.0568. The van der Waals surface area contributed by atoms with Crippen LogP contribution in [0.1, 0.15) is 17.7 Å². The van der Waals surface area contributed by atoms with E-state index in [1.807, 2.05) is 29.0 Å². The van der Waals surface area contributed by atoms with Crippen molar-refractivity contribution in [1.82, 2.24) is 9.55 Å². The molecule has 2 unspecified atom stereocenters. The summed E-state index contributed by atoms with van der Waals surface area (Å²) in [4.78, 5) is 3.99. The second-order valence-electron chi connectivity index (χ2n) is 4.02. The maximum atomic E-state index is 10.4. The molecule has 4 nitrogen and oxygen atoms in total. The second-order valence-corrected chi connectivity index (χ2v) is 4.93. The molecule has 0 fully saturated rings. The minimum atomic E-state index is -0.578. The van der Waals surface area contributed by atoms with E-state index in [0.717, 1.165) is 15.8 Å². The van der Waals surface area contributed by atoms with Crippen molar-refractivity contribution in [1.29, 1.82) is 0 Å². The highest BCUT2D eigenvalue weighted by Gasteiger charge is 2.30. The van der Waals surface area contributed by atoms with Gasteiger partial charge in [0.1, 0.15) is 18.5 Å². The quantitative estimate of drug-likeness (QED) is 0.878. The average molecular weight is 295 g/mol. The smallest absolute Gasteiger partial charge is 0.125 e. The predicted octanol–water partition coefficient (Wildman–Crippen LogP) is 2.31. The minimum Gasteiger partial charge on any atom is -0.491 e. The Morgan fingerprint density at radius 3 is 3.12 bits per heavy atom. The normalized spacial score (nSPS) is 22.9. The summed E-state index contributed by atoms with van der Waals surface area (Å²) >= 11 is 3.40. The summed E-state index contributed by atoms with van der Waals surface area (Å²) < 4.78 is 8.46. The van der Waals surface area contributed by atoms with Crippen LogP contribution in [0.3, 0.4) is 0 Å². The van der Waals surface area contributed by atoms with Crippen LogP contribution in [0.25, 0.3) is 0 Å². The Bertz CT molecular complexity index is 527. The zero-order valence-corrected chi connectivity index (χ0v) is 10.5. The van der Waals surface area contributed by atoms with Crippen molar-refractivity contribution < 1.29 is 9.84 Å². The van der Waals surface area contributed by atoms with E-state index in [1.165, 1.54) is 0 Å². The molecule has 3 rings (SSSR count). The number of nitrogens with zero attached hydrogens (tertiary/aromatic N) is 2. The monoisotopic (exact) mass is 294 g/mol. The van der Waals surface area contributed by atoms with Gasteiger partial charge in [-0.15, -0.1) is 0 Å². The molecule has 1 aliphatic heterocycles. The molecule has 2 heterocycles. The summed E-state index contributed by atoms with van der Waals surface area (Å²) in [7, 11) is 0. The number of fused-ring (bicyclic) bond motifs is 1. The van der Waals surface area contributed by atoms with Crippen LogP contribution in [-0.2, 0) is 0 Å². The first-order valence-corrected chi connectivity index (χ1v) is 6.13. The Labute approximate surface area is 107 Å². The number of rotatable bonds is 1. The van der Waals surface area contributed by atoms with Crippen LogP contribution in [0.15, 0.2) is 41.4 Å². The molecule has 0 aliphatic carbocycles. The second kappa shape index (κ2) is 4.16. The van der Waals surface area contributed by atoms with Gasteiger partial charge in [0.2, 0.25) is 0 Å². The number of halogens is 1. The van der Waals surface area contributed by atoms with Gasteiger partial charge in [0.15, 0.2) is 0 Å². The summed E-state index contributed by atoms with van der Waals surface area (Å²) in [5.74, 6) is 0.747. The Hall–Kier alpha value is -1.33. The molecule has 0 amide bonds. The van der Waals surface area contributed by atoms with Crippen LogP contribution in [0, 0.1) is 0 Å². The largest absolute Gasteiger partial charge is 0.491 e. The fourth-order valence-electron chi connectivity index (χ4n) is 2.07. The molecular weight excluding hydrogens is 284 g/mol. The summed E-state index contributed by atoms with van der Waals surface area (Å²) in [5.41, 5.74) is 0.810. The zero-order chi connectivity index (χ0) is 11.8.